The molecule has 0 bridgehead atoms. The Morgan fingerprint density at radius 2 is 2.05 bits per heavy atom. The Kier molecular flexibility index (Phi) is 10.8. The minimum Gasteiger partial charge on any atom is -1.00 e. The Bertz CT molecular complexity index is 391. The van der Waals surface area contributed by atoms with Gasteiger partial charge in [-0.2, -0.15) is 0 Å². The quantitative estimate of drug-likeness (QED) is 0.245. The Morgan fingerprint density at radius 1 is 1.30 bits per heavy atom. The summed E-state index contributed by atoms with van der Waals surface area (Å²) in [4.78, 5) is 11.3. The number of nitrogens with zero attached hydrogens (tertiary/aromatic N) is 2. The molecule has 4 nitrogen and oxygen atoms in total. The number of ether oxygens (including phenoxy) is 1. The van der Waals surface area contributed by atoms with Crippen molar-refractivity contribution in [3.8, 4) is 0 Å². The van der Waals surface area contributed by atoms with Crippen LogP contribution in [0.2, 0.25) is 0 Å². The third-order valence-corrected chi connectivity index (χ3v) is 3.27. The lowest BCUT2D eigenvalue weighted by Gasteiger charge is -2.01. The van der Waals surface area contributed by atoms with Crippen molar-refractivity contribution in [1.82, 2.24) is 4.57 Å². The Balaban J connectivity index is 0.00000361. The average molecular weight is 394 g/mol. The largest absolute Gasteiger partial charge is 1.00 e. The maximum atomic E-state index is 11.3. The van der Waals surface area contributed by atoms with E-state index < -0.39 is 0 Å². The molecule has 0 aliphatic rings. The van der Waals surface area contributed by atoms with Gasteiger partial charge in [-0.15, -0.1) is 0 Å². The second-order valence-electron chi connectivity index (χ2n) is 4.95. The molecular formula is C15H27IN2O2. The normalized spacial score (nSPS) is 10.2. The minimum absolute atomic E-state index is 0. The second-order valence-corrected chi connectivity index (χ2v) is 4.95. The molecule has 0 spiro atoms. The second kappa shape index (κ2) is 11.1. The lowest BCUT2D eigenvalue weighted by molar-refractivity contribution is -0.703. The van der Waals surface area contributed by atoms with Gasteiger partial charge in [0.15, 0.2) is 0 Å². The van der Waals surface area contributed by atoms with Crippen molar-refractivity contribution in [3.63, 3.8) is 0 Å². The van der Waals surface area contributed by atoms with Crippen LogP contribution < -0.4 is 28.5 Å². The van der Waals surface area contributed by atoms with E-state index in [1.807, 2.05) is 0 Å². The molecule has 20 heavy (non-hydrogen) atoms. The fourth-order valence-corrected chi connectivity index (χ4v) is 2.21. The van der Waals surface area contributed by atoms with Crippen molar-refractivity contribution in [2.45, 2.75) is 65.5 Å². The van der Waals surface area contributed by atoms with Crippen LogP contribution in [-0.4, -0.2) is 17.6 Å². The average Bonchev–Trinajstić information content (AvgIpc) is 2.79. The number of hydrogen-bond acceptors (Lipinski definition) is 2. The summed E-state index contributed by atoms with van der Waals surface area (Å²) in [7, 11) is 1.44. The summed E-state index contributed by atoms with van der Waals surface area (Å²) in [5.41, 5.74) is 1.23. The first-order chi connectivity index (χ1) is 9.21. The monoisotopic (exact) mass is 394 g/mol. The van der Waals surface area contributed by atoms with E-state index in [1.165, 1.54) is 32.1 Å². The predicted molar refractivity (Wildman–Crippen MR) is 74.8 cm³/mol. The molecule has 0 aliphatic heterocycles. The molecule has 1 heterocycles. The van der Waals surface area contributed by atoms with Crippen LogP contribution in [0.5, 0.6) is 0 Å². The topological polar surface area (TPSA) is 35.1 Å². The molecular weight excluding hydrogens is 367 g/mol. The van der Waals surface area contributed by atoms with Gasteiger partial charge in [-0.05, 0) is 19.3 Å². The fraction of sp³-hybridized carbons (Fsp3) is 0.733. The van der Waals surface area contributed by atoms with E-state index in [0.717, 1.165) is 25.9 Å². The summed E-state index contributed by atoms with van der Waals surface area (Å²) in [6.07, 6.45) is 10.4. The highest BCUT2D eigenvalue weighted by Gasteiger charge is 2.14. The summed E-state index contributed by atoms with van der Waals surface area (Å²) in [5.74, 6) is -0.136. The number of carbonyl (C=O) groups excluding carboxylic acids is 1. The molecule has 0 atom stereocenters. The van der Waals surface area contributed by atoms with E-state index >= 15 is 0 Å². The number of methoxy groups -OCH3 is 1. The standard InChI is InChI=1S/C15H27N2O2.HI/c1-4-6-7-11-17-13-16(10-5-2)12-14(17)8-9-15(18)19-3;/h12-13H,4-11H2,1-3H3;1H/q+1;/p-1. The smallest absolute Gasteiger partial charge is 0.305 e. The molecule has 0 unspecified atom stereocenters. The van der Waals surface area contributed by atoms with Gasteiger partial charge >= 0.3 is 5.97 Å². The minimum atomic E-state index is -0.136. The van der Waals surface area contributed by atoms with Gasteiger partial charge in [0.25, 0.3) is 0 Å². The van der Waals surface area contributed by atoms with Gasteiger partial charge in [-0.25, -0.2) is 9.13 Å². The van der Waals surface area contributed by atoms with Crippen LogP contribution in [-0.2, 0) is 29.0 Å². The number of esters is 1. The molecule has 5 heteroatoms. The van der Waals surface area contributed by atoms with E-state index in [9.17, 15) is 4.79 Å². The Hall–Kier alpha value is -0.590. The highest BCUT2D eigenvalue weighted by atomic mass is 127. The van der Waals surface area contributed by atoms with Gasteiger partial charge in [0.05, 0.1) is 26.6 Å². The first-order valence-electron chi connectivity index (χ1n) is 7.36. The van der Waals surface area contributed by atoms with Gasteiger partial charge in [0.1, 0.15) is 11.9 Å². The zero-order valence-corrected chi connectivity index (χ0v) is 15.1. The van der Waals surface area contributed by atoms with Crippen LogP contribution in [0.25, 0.3) is 0 Å². The number of rotatable bonds is 9. The molecule has 0 amide bonds. The molecule has 1 aromatic heterocycles. The van der Waals surface area contributed by atoms with Crippen LogP contribution in [0.15, 0.2) is 12.5 Å². The van der Waals surface area contributed by atoms with Gasteiger partial charge in [-0.3, -0.25) is 4.79 Å². The van der Waals surface area contributed by atoms with Crippen molar-refractivity contribution in [3.05, 3.63) is 18.2 Å². The number of aryl methyl sites for hydroxylation is 3. The molecule has 0 saturated carbocycles. The van der Waals surface area contributed by atoms with E-state index in [-0.39, 0.29) is 29.9 Å². The highest BCUT2D eigenvalue weighted by Crippen LogP contribution is 2.03. The Morgan fingerprint density at radius 3 is 2.65 bits per heavy atom. The van der Waals surface area contributed by atoms with Crippen molar-refractivity contribution in [1.29, 1.82) is 0 Å². The first-order valence-corrected chi connectivity index (χ1v) is 7.36. The third kappa shape index (κ3) is 6.72. The fourth-order valence-electron chi connectivity index (χ4n) is 2.21. The first kappa shape index (κ1) is 19.4. The molecule has 0 fully saturated rings. The molecule has 0 aliphatic carbocycles. The van der Waals surface area contributed by atoms with Crippen LogP contribution in [0, 0.1) is 0 Å². The van der Waals surface area contributed by atoms with Crippen LogP contribution in [0.1, 0.15) is 51.6 Å². The molecule has 1 rings (SSSR count). The zero-order valence-electron chi connectivity index (χ0n) is 12.9. The molecule has 0 N–H and O–H groups in total. The van der Waals surface area contributed by atoms with Gasteiger partial charge in [0, 0.05) is 6.42 Å². The summed E-state index contributed by atoms with van der Waals surface area (Å²) < 4.78 is 9.22. The van der Waals surface area contributed by atoms with E-state index in [0.29, 0.717) is 6.42 Å². The number of aromatic nitrogens is 2. The lowest BCUT2D eigenvalue weighted by Crippen LogP contribution is -3.00. The molecule has 1 aromatic rings. The summed E-state index contributed by atoms with van der Waals surface area (Å²) in [5, 5.41) is 0. The van der Waals surface area contributed by atoms with Crippen molar-refractivity contribution in [2.75, 3.05) is 7.11 Å². The van der Waals surface area contributed by atoms with Crippen molar-refractivity contribution in [2.24, 2.45) is 0 Å². The number of imidazole rings is 1. The van der Waals surface area contributed by atoms with Crippen molar-refractivity contribution >= 4 is 5.97 Å². The maximum absolute atomic E-state index is 11.3. The van der Waals surface area contributed by atoms with Crippen LogP contribution in [0.4, 0.5) is 0 Å². The number of carbonyl (C=O) groups is 1. The Labute approximate surface area is 139 Å². The van der Waals surface area contributed by atoms with Gasteiger partial charge in [0.2, 0.25) is 6.33 Å². The van der Waals surface area contributed by atoms with Crippen LogP contribution >= 0.6 is 0 Å². The van der Waals surface area contributed by atoms with E-state index in [1.54, 1.807) is 0 Å². The number of unbranched alkanes of at least 4 members (excludes halogenated alkanes) is 2. The van der Waals surface area contributed by atoms with Gasteiger partial charge in [-0.1, -0.05) is 20.3 Å². The van der Waals surface area contributed by atoms with E-state index in [2.05, 4.69) is 35.5 Å². The predicted octanol–water partition coefficient (Wildman–Crippen LogP) is -0.515. The highest BCUT2D eigenvalue weighted by molar-refractivity contribution is 5.69. The van der Waals surface area contributed by atoms with Gasteiger partial charge < -0.3 is 28.7 Å². The number of halogens is 1. The molecule has 0 saturated heterocycles. The van der Waals surface area contributed by atoms with Crippen molar-refractivity contribution < 1.29 is 38.1 Å². The zero-order chi connectivity index (χ0) is 14.1. The summed E-state index contributed by atoms with van der Waals surface area (Å²) in [6.45, 7) is 6.47. The number of hydrogen-bond donors (Lipinski definition) is 0. The molecule has 0 aromatic carbocycles. The summed E-state index contributed by atoms with van der Waals surface area (Å²) >= 11 is 0. The van der Waals surface area contributed by atoms with E-state index in [4.69, 9.17) is 4.74 Å². The maximum Gasteiger partial charge on any atom is 0.305 e. The third-order valence-electron chi connectivity index (χ3n) is 3.27. The molecule has 0 radical (unpaired) electrons. The summed E-state index contributed by atoms with van der Waals surface area (Å²) in [6, 6.07) is 0. The lowest BCUT2D eigenvalue weighted by atomic mass is 10.2. The SMILES string of the molecule is CCCCC[n+]1cn(CCC)cc1CCC(=O)OC.[I-]. The van der Waals surface area contributed by atoms with Crippen LogP contribution in [0.3, 0.4) is 0 Å². The molecule has 116 valence electrons.